The molecule has 0 saturated heterocycles. The topological polar surface area (TPSA) is 136 Å². The molecule has 0 amide bonds. The van der Waals surface area contributed by atoms with E-state index in [9.17, 15) is 33.1 Å². The Kier molecular flexibility index (Phi) is 12.5. The summed E-state index contributed by atoms with van der Waals surface area (Å²) in [4.78, 5) is 49.8. The number of ether oxygens (including phenoxy) is 3. The molecule has 16 heteroatoms. The first kappa shape index (κ1) is 41.7. The molecule has 0 unspecified atom stereocenters. The molecule has 0 bridgehead atoms. The predicted molar refractivity (Wildman–Crippen MR) is 219 cm³/mol. The van der Waals surface area contributed by atoms with E-state index in [2.05, 4.69) is 0 Å². The largest absolute Gasteiger partial charge is 0.504 e. The summed E-state index contributed by atoms with van der Waals surface area (Å²) in [5, 5.41) is 9.71. The fraction of sp³-hybridized carbons (Fsp3) is 0.116. The molecule has 302 valence electrons. The van der Waals surface area contributed by atoms with Gasteiger partial charge < -0.3 is 28.5 Å². The zero-order valence-corrected chi connectivity index (χ0v) is 33.3. The van der Waals surface area contributed by atoms with Crippen LogP contribution in [0.3, 0.4) is 0 Å². The van der Waals surface area contributed by atoms with Crippen molar-refractivity contribution in [1.29, 1.82) is 0 Å². The van der Waals surface area contributed by atoms with Crippen LogP contribution in [0.2, 0.25) is 10.0 Å². The summed E-state index contributed by atoms with van der Waals surface area (Å²) in [5.41, 5.74) is -1.41. The van der Waals surface area contributed by atoms with Crippen LogP contribution < -0.4 is 36.7 Å². The summed E-state index contributed by atoms with van der Waals surface area (Å²) in [7, 11) is 2.97. The summed E-state index contributed by atoms with van der Waals surface area (Å²) in [6.45, 7) is 3.53. The van der Waals surface area contributed by atoms with E-state index >= 15 is 0 Å². The minimum atomic E-state index is -0.859. The van der Waals surface area contributed by atoms with Crippen molar-refractivity contribution < 1.29 is 28.1 Å². The first-order chi connectivity index (χ1) is 28.1. The first-order valence-corrected chi connectivity index (χ1v) is 18.4. The van der Waals surface area contributed by atoms with Crippen LogP contribution in [0.1, 0.15) is 17.0 Å². The van der Waals surface area contributed by atoms with E-state index < -0.39 is 34.1 Å². The maximum Gasteiger partial charge on any atom is 0.335 e. The molecule has 2 aromatic heterocycles. The van der Waals surface area contributed by atoms with Crippen LogP contribution in [0.25, 0.3) is 11.4 Å². The molecule has 7 aromatic rings. The van der Waals surface area contributed by atoms with Gasteiger partial charge in [-0.15, -0.1) is 0 Å². The predicted octanol–water partition coefficient (Wildman–Crippen LogP) is 8.14. The molecule has 0 radical (unpaired) electrons. The van der Waals surface area contributed by atoms with Gasteiger partial charge in [-0.2, -0.15) is 0 Å². The second-order valence-electron chi connectivity index (χ2n) is 13.0. The van der Waals surface area contributed by atoms with Gasteiger partial charge in [0.05, 0.1) is 21.4 Å². The summed E-state index contributed by atoms with van der Waals surface area (Å²) in [5.74, 6) is -0.887. The molecule has 0 atom stereocenters. The lowest BCUT2D eigenvalue weighted by Gasteiger charge is -2.15. The number of phenols is 1. The van der Waals surface area contributed by atoms with Crippen molar-refractivity contribution in [3.63, 3.8) is 0 Å². The average Bonchev–Trinajstić information content (AvgIpc) is 3.20. The Morgan fingerprint density at radius 3 is 1.47 bits per heavy atom. The molecule has 0 fully saturated rings. The van der Waals surface area contributed by atoms with Gasteiger partial charge in [0.25, 0.3) is 11.1 Å². The number of hydrogen-bond acceptors (Lipinski definition) is 8. The van der Waals surface area contributed by atoms with Gasteiger partial charge >= 0.3 is 11.4 Å². The molecule has 59 heavy (non-hydrogen) atoms. The third kappa shape index (κ3) is 9.14. The normalized spacial score (nSPS) is 10.8. The molecular formula is C43H34Cl2F2N4O8. The lowest BCUT2D eigenvalue weighted by Crippen LogP contribution is -2.38. The van der Waals surface area contributed by atoms with Gasteiger partial charge in [-0.1, -0.05) is 77.8 Å². The van der Waals surface area contributed by atoms with Crippen LogP contribution in [0.4, 0.5) is 8.78 Å². The van der Waals surface area contributed by atoms with Crippen LogP contribution in [-0.4, -0.2) is 23.4 Å². The van der Waals surface area contributed by atoms with Crippen molar-refractivity contribution in [2.45, 2.75) is 20.5 Å². The smallest absolute Gasteiger partial charge is 0.335 e. The highest BCUT2D eigenvalue weighted by Gasteiger charge is 2.19. The number of halogens is 4. The van der Waals surface area contributed by atoms with E-state index in [1.807, 2.05) is 30.3 Å². The number of benzene rings is 5. The van der Waals surface area contributed by atoms with Crippen LogP contribution in [0, 0.1) is 25.5 Å². The van der Waals surface area contributed by atoms with Crippen molar-refractivity contribution in [1.82, 2.24) is 18.3 Å². The van der Waals surface area contributed by atoms with E-state index in [1.165, 1.54) is 53.6 Å². The van der Waals surface area contributed by atoms with Gasteiger partial charge in [-0.05, 0) is 55.8 Å². The number of aromatic nitrogens is 4. The van der Waals surface area contributed by atoms with E-state index in [-0.39, 0.29) is 44.4 Å². The third-order valence-corrected chi connectivity index (χ3v) is 9.59. The first-order valence-electron chi connectivity index (χ1n) is 17.6. The molecule has 12 nitrogen and oxygen atoms in total. The van der Waals surface area contributed by atoms with Gasteiger partial charge in [-0.3, -0.25) is 9.59 Å². The number of hydrogen-bond donors (Lipinski definition) is 1. The van der Waals surface area contributed by atoms with Crippen LogP contribution in [0.15, 0.2) is 134 Å². The van der Waals surface area contributed by atoms with Crippen LogP contribution >= 0.6 is 23.2 Å². The SMILES string of the molecule is Cc1cc(=O)n(-c2cc(Oc3ccccc3O)c(Cl)cc2F)c(=O)n1C.Cc1cc(=O)n(-c2cc(Oc3ccccc3OCc3ccccc3)c(Cl)cc2F)c(=O)n1C. The van der Waals surface area contributed by atoms with Crippen molar-refractivity contribution in [3.8, 4) is 45.9 Å². The number of rotatable bonds is 9. The lowest BCUT2D eigenvalue weighted by atomic mass is 10.2. The monoisotopic (exact) mass is 842 g/mol. The van der Waals surface area contributed by atoms with Crippen molar-refractivity contribution in [3.05, 3.63) is 196 Å². The summed E-state index contributed by atoms with van der Waals surface area (Å²) < 4.78 is 50.4. The average molecular weight is 844 g/mol. The second-order valence-corrected chi connectivity index (χ2v) is 13.8. The Morgan fingerprint density at radius 2 is 0.983 bits per heavy atom. The summed E-state index contributed by atoms with van der Waals surface area (Å²) in [6.07, 6.45) is 0. The van der Waals surface area contributed by atoms with Gasteiger partial charge in [0, 0.05) is 49.7 Å². The zero-order valence-electron chi connectivity index (χ0n) is 31.8. The molecular weight excluding hydrogens is 809 g/mol. The highest BCUT2D eigenvalue weighted by molar-refractivity contribution is 6.32. The summed E-state index contributed by atoms with van der Waals surface area (Å²) in [6, 6.07) is 29.5. The molecule has 0 saturated carbocycles. The van der Waals surface area contributed by atoms with E-state index in [0.717, 1.165) is 28.3 Å². The zero-order chi connectivity index (χ0) is 42.5. The lowest BCUT2D eigenvalue weighted by molar-refractivity contribution is 0.291. The third-order valence-electron chi connectivity index (χ3n) is 9.00. The maximum absolute atomic E-state index is 14.8. The molecule has 1 N–H and O–H groups in total. The van der Waals surface area contributed by atoms with Crippen LogP contribution in [-0.2, 0) is 20.7 Å². The van der Waals surface area contributed by atoms with Crippen molar-refractivity contribution in [2.75, 3.05) is 0 Å². The number of nitrogens with zero attached hydrogens (tertiary/aromatic N) is 4. The molecule has 7 rings (SSSR count). The Bertz CT molecular complexity index is 2950. The maximum atomic E-state index is 14.8. The molecule has 0 aliphatic heterocycles. The van der Waals surface area contributed by atoms with Gasteiger partial charge in [0.1, 0.15) is 29.7 Å². The van der Waals surface area contributed by atoms with E-state index in [4.69, 9.17) is 37.4 Å². The number of phenolic OH excluding ortho intramolecular Hbond substituents is 1. The molecule has 0 aliphatic rings. The minimum Gasteiger partial charge on any atom is -0.504 e. The second kappa shape index (κ2) is 17.7. The van der Waals surface area contributed by atoms with Crippen LogP contribution in [0.5, 0.6) is 34.5 Å². The Hall–Kier alpha value is -6.90. The van der Waals surface area contributed by atoms with E-state index in [1.54, 1.807) is 50.2 Å². The Morgan fingerprint density at radius 1 is 0.559 bits per heavy atom. The quantitative estimate of drug-likeness (QED) is 0.154. The Balaban J connectivity index is 0.000000204. The Labute approximate surface area is 344 Å². The standard InChI is InChI=1S/C25H20ClFN2O4.C18H14ClFN2O4/c1-16-12-24(30)29(25(31)28(16)2)20-14-23(18(26)13-19(20)27)33-22-11-7-6-10-21(22)32-15-17-8-4-3-5-9-17;1-10-7-17(24)22(18(25)21(10)2)13-9-16(11(19)8-12(13)20)26-15-6-4-3-5-14(15)23/h3-14H,15H2,1-2H3;3-9,23H,1-2H3. The fourth-order valence-electron chi connectivity index (χ4n) is 5.62. The molecule has 2 heterocycles. The van der Waals surface area contributed by atoms with E-state index in [0.29, 0.717) is 34.1 Å². The number of aryl methyl sites for hydroxylation is 2. The van der Waals surface area contributed by atoms with Gasteiger partial charge in [-0.25, -0.2) is 27.5 Å². The number of aromatic hydroxyl groups is 1. The fourth-order valence-corrected chi connectivity index (χ4v) is 6.00. The minimum absolute atomic E-state index is 0.0147. The molecule has 5 aromatic carbocycles. The van der Waals surface area contributed by atoms with Crippen molar-refractivity contribution >= 4 is 23.2 Å². The van der Waals surface area contributed by atoms with Gasteiger partial charge in [0.15, 0.2) is 23.0 Å². The van der Waals surface area contributed by atoms with Gasteiger partial charge in [0.2, 0.25) is 0 Å². The highest BCUT2D eigenvalue weighted by Crippen LogP contribution is 2.38. The highest BCUT2D eigenvalue weighted by atomic mass is 35.5. The number of para-hydroxylation sites is 4. The molecule has 0 aliphatic carbocycles. The molecule has 0 spiro atoms. The summed E-state index contributed by atoms with van der Waals surface area (Å²) >= 11 is 12.2. The van der Waals surface area contributed by atoms with Crippen molar-refractivity contribution in [2.24, 2.45) is 14.1 Å².